The van der Waals surface area contributed by atoms with Crippen LogP contribution in [-0.2, 0) is 33.2 Å². The van der Waals surface area contributed by atoms with E-state index in [0.717, 1.165) is 116 Å². The molecule has 3 fully saturated rings. The van der Waals surface area contributed by atoms with E-state index in [0.29, 0.717) is 12.8 Å². The lowest BCUT2D eigenvalue weighted by Gasteiger charge is -2.48. The highest BCUT2D eigenvalue weighted by atomic mass is 16.8. The van der Waals surface area contributed by atoms with Crippen molar-refractivity contribution in [1.29, 1.82) is 0 Å². The Morgan fingerprint density at radius 2 is 0.663 bits per heavy atom. The lowest BCUT2D eigenvalue weighted by molar-refractivity contribution is -0.379. The van der Waals surface area contributed by atoms with Crippen molar-refractivity contribution < 1.29 is 89.4 Å². The summed E-state index contributed by atoms with van der Waals surface area (Å²) < 4.78 is 34.5. The van der Waals surface area contributed by atoms with Crippen molar-refractivity contribution >= 4 is 5.91 Å². The van der Waals surface area contributed by atoms with Crippen LogP contribution in [0.4, 0.5) is 0 Å². The minimum atomic E-state index is -1.98. The maximum atomic E-state index is 13.5. The lowest BCUT2D eigenvalue weighted by Crippen LogP contribution is -2.66. The molecule has 0 aromatic rings. The third-order valence-electron chi connectivity index (χ3n) is 19.6. The summed E-state index contributed by atoms with van der Waals surface area (Å²) in [6.07, 6.45) is 62.7. The second kappa shape index (κ2) is 64.1. The van der Waals surface area contributed by atoms with Crippen molar-refractivity contribution in [3.8, 4) is 0 Å². The normalized spacial score (nSPS) is 26.6. The van der Waals surface area contributed by atoms with Gasteiger partial charge in [0, 0.05) is 6.42 Å². The molecule has 19 heteroatoms. The molecular weight excluding hydrogens is 1320 g/mol. The smallest absolute Gasteiger partial charge is 0.220 e. The van der Waals surface area contributed by atoms with E-state index in [-0.39, 0.29) is 18.9 Å². The first-order chi connectivity index (χ1) is 50.8. The maximum absolute atomic E-state index is 13.5. The van der Waals surface area contributed by atoms with Crippen molar-refractivity contribution in [2.24, 2.45) is 0 Å². The van der Waals surface area contributed by atoms with Gasteiger partial charge in [-0.3, -0.25) is 4.79 Å². The largest absolute Gasteiger partial charge is 0.394 e. The Hall–Kier alpha value is -3.81. The molecule has 3 aliphatic rings. The third kappa shape index (κ3) is 43.4. The van der Waals surface area contributed by atoms with E-state index < -0.39 is 124 Å². The van der Waals surface area contributed by atoms with Crippen molar-refractivity contribution in [1.82, 2.24) is 5.32 Å². The first-order valence-electron chi connectivity index (χ1n) is 40.8. The number of nitrogens with one attached hydrogen (secondary N) is 1. The van der Waals surface area contributed by atoms with E-state index in [4.69, 9.17) is 28.4 Å². The number of carbonyl (C=O) groups excluding carboxylic acids is 1. The Morgan fingerprint density at radius 1 is 0.356 bits per heavy atom. The van der Waals surface area contributed by atoms with Crippen LogP contribution < -0.4 is 5.32 Å². The summed E-state index contributed by atoms with van der Waals surface area (Å²) in [4.78, 5) is 13.5. The maximum Gasteiger partial charge on any atom is 0.220 e. The molecule has 0 aromatic heterocycles. The molecule has 598 valence electrons. The summed E-state index contributed by atoms with van der Waals surface area (Å²) in [6, 6.07) is -0.912. The number of amides is 1. The van der Waals surface area contributed by atoms with Crippen molar-refractivity contribution in [2.75, 3.05) is 26.4 Å². The van der Waals surface area contributed by atoms with Crippen LogP contribution in [0.25, 0.3) is 0 Å². The molecule has 3 saturated heterocycles. The van der Waals surface area contributed by atoms with Crippen LogP contribution in [0.3, 0.4) is 0 Å². The molecule has 0 radical (unpaired) electrons. The molecule has 0 saturated carbocycles. The van der Waals surface area contributed by atoms with Crippen LogP contribution >= 0.6 is 0 Å². The lowest BCUT2D eigenvalue weighted by atomic mass is 9.96. The van der Waals surface area contributed by atoms with Gasteiger partial charge in [0.05, 0.1) is 38.6 Å². The summed E-state index contributed by atoms with van der Waals surface area (Å²) in [5.74, 6) is -0.269. The summed E-state index contributed by atoms with van der Waals surface area (Å²) in [5.41, 5.74) is 0. The molecule has 104 heavy (non-hydrogen) atoms. The van der Waals surface area contributed by atoms with E-state index >= 15 is 0 Å². The van der Waals surface area contributed by atoms with Crippen molar-refractivity contribution in [3.05, 3.63) is 122 Å². The number of hydrogen-bond acceptors (Lipinski definition) is 18. The van der Waals surface area contributed by atoms with Gasteiger partial charge >= 0.3 is 0 Å². The van der Waals surface area contributed by atoms with Gasteiger partial charge in [0.1, 0.15) is 73.2 Å². The average Bonchev–Trinajstić information content (AvgIpc) is 0.783. The average molecular weight is 1470 g/mol. The second-order valence-corrected chi connectivity index (χ2v) is 28.5. The zero-order valence-electron chi connectivity index (χ0n) is 64.0. The SMILES string of the molecule is CC/C=C\C/C=C\C/C=C\C/C=C\C/C=C\C/C=C\C/C=C\C/C=C\C/C=C\C/C=C\CCCCCCC(=O)NC(COC1OC(CO)C(OC2OC(CO)C(OC3OC(CO)C(O)C(O)C3O)C(O)C2O)C(O)C1O)C(O)CCCCCCCCCCCCCCCCCCCCCCCCCC. The molecule has 17 unspecified atom stereocenters. The van der Waals surface area contributed by atoms with Crippen LogP contribution in [0, 0.1) is 0 Å². The van der Waals surface area contributed by atoms with Gasteiger partial charge in [-0.05, 0) is 89.9 Å². The summed E-state index contributed by atoms with van der Waals surface area (Å²) in [6.45, 7) is 1.68. The minimum absolute atomic E-state index is 0.229. The fourth-order valence-corrected chi connectivity index (χ4v) is 13.0. The Balaban J connectivity index is 1.38. The molecule has 0 bridgehead atoms. The molecular formula is C85H145NO18. The fourth-order valence-electron chi connectivity index (χ4n) is 13.0. The molecule has 17 atom stereocenters. The minimum Gasteiger partial charge on any atom is -0.394 e. The number of allylic oxidation sites excluding steroid dienone is 20. The van der Waals surface area contributed by atoms with Crippen molar-refractivity contribution in [3.63, 3.8) is 0 Å². The molecule has 0 spiro atoms. The monoisotopic (exact) mass is 1470 g/mol. The molecule has 0 aromatic carbocycles. The molecule has 3 aliphatic heterocycles. The van der Waals surface area contributed by atoms with Crippen LogP contribution in [-0.4, -0.2) is 193 Å². The predicted molar refractivity (Wildman–Crippen MR) is 415 cm³/mol. The topological polar surface area (TPSA) is 307 Å². The second-order valence-electron chi connectivity index (χ2n) is 28.5. The van der Waals surface area contributed by atoms with Gasteiger partial charge in [0.2, 0.25) is 5.91 Å². The zero-order valence-corrected chi connectivity index (χ0v) is 64.0. The number of aliphatic hydroxyl groups is 11. The Kier molecular flexibility index (Phi) is 58.1. The van der Waals surface area contributed by atoms with Crippen molar-refractivity contribution in [2.45, 2.75) is 381 Å². The quantitative estimate of drug-likeness (QED) is 0.0199. The van der Waals surface area contributed by atoms with Gasteiger partial charge in [-0.2, -0.15) is 0 Å². The van der Waals surface area contributed by atoms with Gasteiger partial charge in [0.25, 0.3) is 0 Å². The number of carbonyl (C=O) groups is 1. The zero-order chi connectivity index (χ0) is 75.3. The van der Waals surface area contributed by atoms with E-state index in [2.05, 4.69) is 141 Å². The van der Waals surface area contributed by atoms with Crippen LogP contribution in [0.1, 0.15) is 277 Å². The summed E-state index contributed by atoms with van der Waals surface area (Å²) in [7, 11) is 0. The Morgan fingerprint density at radius 3 is 1.04 bits per heavy atom. The van der Waals surface area contributed by atoms with Crippen LogP contribution in [0.5, 0.6) is 0 Å². The summed E-state index contributed by atoms with van der Waals surface area (Å²) >= 11 is 0. The number of ether oxygens (including phenoxy) is 6. The Bertz CT molecular complexity index is 2350. The van der Waals surface area contributed by atoms with Gasteiger partial charge in [-0.1, -0.05) is 302 Å². The van der Waals surface area contributed by atoms with Gasteiger partial charge < -0.3 is 89.9 Å². The Labute approximate surface area is 627 Å². The molecule has 3 heterocycles. The number of unbranched alkanes of at least 4 members (excludes halogenated alkanes) is 27. The third-order valence-corrected chi connectivity index (χ3v) is 19.6. The molecule has 1 amide bonds. The van der Waals surface area contributed by atoms with Gasteiger partial charge in [0.15, 0.2) is 18.9 Å². The van der Waals surface area contributed by atoms with Gasteiger partial charge in [-0.15, -0.1) is 0 Å². The summed E-state index contributed by atoms with van der Waals surface area (Å²) in [5, 5.41) is 121. The molecule has 3 rings (SSSR count). The number of rotatable bonds is 63. The number of hydrogen-bond donors (Lipinski definition) is 12. The molecule has 12 N–H and O–H groups in total. The highest BCUT2D eigenvalue weighted by molar-refractivity contribution is 5.76. The molecule has 0 aliphatic carbocycles. The highest BCUT2D eigenvalue weighted by Gasteiger charge is 2.54. The number of aliphatic hydroxyl groups excluding tert-OH is 11. The standard InChI is InChI=1S/C85H145NO18/c1-3-5-7-9-11-13-15-17-19-21-23-25-27-29-30-31-32-33-34-35-36-37-38-39-41-43-45-47-49-51-53-55-57-59-61-63-73(91)86-68(69(90)62-60-58-56-54-52-50-48-46-44-42-40-28-26-24-22-20-18-16-14-12-10-8-6-4-2)67-99-83-79(97)76(94)81(71(65-88)101-83)104-85-80(98)77(95)82(72(66-89)102-85)103-84-78(96)75(93)74(92)70(64-87)100-84/h5,7,11,13,17,19,23,25,29-30,32-33,35-36,38-39,43,45,49,51,68-72,74-85,87-90,92-98H,3-4,6,8-10,12,14-16,18,20-22,24,26-28,31,34,37,40-42,44,46-48,50,52-67H2,1-2H3,(H,86,91)/b7-5-,13-11-,19-17-,25-23-,30-29-,33-32-,36-35-,39-38-,45-43-,51-49-. The predicted octanol–water partition coefficient (Wildman–Crippen LogP) is 13.9. The first-order valence-corrected chi connectivity index (χ1v) is 40.8. The van der Waals surface area contributed by atoms with E-state index in [9.17, 15) is 61.0 Å². The first kappa shape index (κ1) is 94.4. The van der Waals surface area contributed by atoms with Crippen LogP contribution in [0.15, 0.2) is 122 Å². The van der Waals surface area contributed by atoms with Gasteiger partial charge in [-0.25, -0.2) is 0 Å². The van der Waals surface area contributed by atoms with E-state index in [1.165, 1.54) is 128 Å². The van der Waals surface area contributed by atoms with E-state index in [1.807, 2.05) is 0 Å². The fraction of sp³-hybridized carbons (Fsp3) is 0.753. The van der Waals surface area contributed by atoms with Crippen LogP contribution in [0.2, 0.25) is 0 Å². The highest BCUT2D eigenvalue weighted by Crippen LogP contribution is 2.33. The molecule has 19 nitrogen and oxygen atoms in total. The van der Waals surface area contributed by atoms with E-state index in [1.54, 1.807) is 0 Å².